The van der Waals surface area contributed by atoms with Crippen LogP contribution in [0.15, 0.2) is 6.20 Å². The summed E-state index contributed by atoms with van der Waals surface area (Å²) in [5.74, 6) is -0.780. The molecule has 0 radical (unpaired) electrons. The zero-order valence-electron chi connectivity index (χ0n) is 8.23. The van der Waals surface area contributed by atoms with Crippen molar-refractivity contribution in [1.29, 1.82) is 0 Å². The summed E-state index contributed by atoms with van der Waals surface area (Å²) in [5, 5.41) is 12.6. The minimum Gasteiger partial charge on any atom is -0.477 e. The van der Waals surface area contributed by atoms with Gasteiger partial charge in [0.15, 0.2) is 0 Å². The van der Waals surface area contributed by atoms with E-state index in [4.69, 9.17) is 10.8 Å². The lowest BCUT2D eigenvalue weighted by Crippen LogP contribution is -2.07. The minimum absolute atomic E-state index is 0.0847. The summed E-state index contributed by atoms with van der Waals surface area (Å²) in [4.78, 5) is 10.6. The summed E-state index contributed by atoms with van der Waals surface area (Å²) in [6.07, 6.45) is 4.49. The number of rotatable bonds is 5. The Kier molecular flexibility index (Phi) is 3.50. The third-order valence-electron chi connectivity index (χ3n) is 2.08. The summed E-state index contributed by atoms with van der Waals surface area (Å²) in [7, 11) is 0. The minimum atomic E-state index is -1.02. The Bertz CT molecular complexity index is 320. The molecule has 0 fully saturated rings. The van der Waals surface area contributed by atoms with E-state index in [1.54, 1.807) is 4.68 Å². The number of anilines is 1. The van der Waals surface area contributed by atoms with Crippen LogP contribution < -0.4 is 5.73 Å². The number of aromatic nitrogens is 2. The highest BCUT2D eigenvalue weighted by molar-refractivity contribution is 5.92. The Morgan fingerprint density at radius 1 is 1.64 bits per heavy atom. The van der Waals surface area contributed by atoms with Gasteiger partial charge in [-0.05, 0) is 6.42 Å². The van der Waals surface area contributed by atoms with Crippen molar-refractivity contribution in [1.82, 2.24) is 9.78 Å². The molecular weight excluding hydrogens is 182 g/mol. The molecule has 3 N–H and O–H groups in total. The van der Waals surface area contributed by atoms with Crippen LogP contribution in [0.1, 0.15) is 36.5 Å². The lowest BCUT2D eigenvalue weighted by molar-refractivity contribution is 0.0698. The smallest absolute Gasteiger partial charge is 0.341 e. The molecule has 0 bridgehead atoms. The van der Waals surface area contributed by atoms with Crippen LogP contribution in [-0.2, 0) is 6.54 Å². The highest BCUT2D eigenvalue weighted by Crippen LogP contribution is 2.11. The number of carboxylic acids is 1. The molecule has 1 rings (SSSR count). The van der Waals surface area contributed by atoms with Crippen molar-refractivity contribution < 1.29 is 9.90 Å². The van der Waals surface area contributed by atoms with Gasteiger partial charge in [-0.3, -0.25) is 0 Å². The molecule has 0 amide bonds. The van der Waals surface area contributed by atoms with Gasteiger partial charge in [-0.1, -0.05) is 19.8 Å². The number of hydrogen-bond donors (Lipinski definition) is 2. The first-order valence-corrected chi connectivity index (χ1v) is 4.71. The zero-order valence-corrected chi connectivity index (χ0v) is 8.23. The van der Waals surface area contributed by atoms with E-state index in [0.717, 1.165) is 19.3 Å². The molecule has 0 aliphatic carbocycles. The number of carbonyl (C=O) groups is 1. The number of aryl methyl sites for hydroxylation is 1. The highest BCUT2D eigenvalue weighted by Gasteiger charge is 2.12. The van der Waals surface area contributed by atoms with Gasteiger partial charge in [-0.15, -0.1) is 0 Å². The van der Waals surface area contributed by atoms with Crippen LogP contribution in [0, 0.1) is 0 Å². The van der Waals surface area contributed by atoms with Crippen LogP contribution in [0.4, 0.5) is 5.82 Å². The van der Waals surface area contributed by atoms with Gasteiger partial charge in [0.25, 0.3) is 0 Å². The molecule has 0 spiro atoms. The first kappa shape index (κ1) is 10.6. The maximum atomic E-state index is 10.6. The van der Waals surface area contributed by atoms with E-state index in [1.807, 2.05) is 0 Å². The Morgan fingerprint density at radius 3 is 2.86 bits per heavy atom. The average Bonchev–Trinajstić information content (AvgIpc) is 2.48. The SMILES string of the molecule is CCCCCn1ncc(C(=O)O)c1N. The normalized spacial score (nSPS) is 10.4. The van der Waals surface area contributed by atoms with Gasteiger partial charge < -0.3 is 10.8 Å². The monoisotopic (exact) mass is 197 g/mol. The van der Waals surface area contributed by atoms with Gasteiger partial charge in [-0.25, -0.2) is 9.48 Å². The molecule has 0 atom stereocenters. The van der Waals surface area contributed by atoms with Crippen molar-refractivity contribution in [3.8, 4) is 0 Å². The first-order chi connectivity index (χ1) is 6.66. The lowest BCUT2D eigenvalue weighted by atomic mass is 10.2. The third kappa shape index (κ3) is 2.25. The van der Waals surface area contributed by atoms with E-state index in [1.165, 1.54) is 6.20 Å². The van der Waals surface area contributed by atoms with Crippen molar-refractivity contribution in [2.24, 2.45) is 0 Å². The third-order valence-corrected chi connectivity index (χ3v) is 2.08. The van der Waals surface area contributed by atoms with Crippen molar-refractivity contribution in [2.75, 3.05) is 5.73 Å². The van der Waals surface area contributed by atoms with E-state index < -0.39 is 5.97 Å². The van der Waals surface area contributed by atoms with Gasteiger partial charge in [-0.2, -0.15) is 5.10 Å². The summed E-state index contributed by atoms with van der Waals surface area (Å²) < 4.78 is 1.54. The number of nitrogens with zero attached hydrogens (tertiary/aromatic N) is 2. The van der Waals surface area contributed by atoms with Crippen LogP contribution in [0.3, 0.4) is 0 Å². The predicted octanol–water partition coefficient (Wildman–Crippen LogP) is 1.35. The molecule has 1 heterocycles. The van der Waals surface area contributed by atoms with E-state index in [9.17, 15) is 4.79 Å². The van der Waals surface area contributed by atoms with Crippen LogP contribution in [0.5, 0.6) is 0 Å². The van der Waals surface area contributed by atoms with Crippen LogP contribution in [-0.4, -0.2) is 20.9 Å². The summed E-state index contributed by atoms with van der Waals surface area (Å²) in [6.45, 7) is 2.79. The van der Waals surface area contributed by atoms with E-state index in [2.05, 4.69) is 12.0 Å². The largest absolute Gasteiger partial charge is 0.477 e. The second-order valence-electron chi connectivity index (χ2n) is 3.18. The Morgan fingerprint density at radius 2 is 2.36 bits per heavy atom. The summed E-state index contributed by atoms with van der Waals surface area (Å²) in [6, 6.07) is 0. The number of carboxylic acid groups (broad SMARTS) is 1. The maximum Gasteiger partial charge on any atom is 0.341 e. The molecule has 0 aromatic carbocycles. The molecule has 14 heavy (non-hydrogen) atoms. The second kappa shape index (κ2) is 4.64. The van der Waals surface area contributed by atoms with Gasteiger partial charge in [0.1, 0.15) is 11.4 Å². The van der Waals surface area contributed by atoms with Crippen molar-refractivity contribution in [3.05, 3.63) is 11.8 Å². The molecule has 0 aliphatic rings. The number of nitrogens with two attached hydrogens (primary N) is 1. The molecule has 1 aromatic rings. The van der Waals surface area contributed by atoms with Gasteiger partial charge in [0.05, 0.1) is 6.20 Å². The van der Waals surface area contributed by atoms with Gasteiger partial charge >= 0.3 is 5.97 Å². The van der Waals surface area contributed by atoms with Crippen molar-refractivity contribution in [3.63, 3.8) is 0 Å². The molecular formula is C9H15N3O2. The molecule has 5 nitrogen and oxygen atoms in total. The Balaban J connectivity index is 2.65. The van der Waals surface area contributed by atoms with Crippen LogP contribution in [0.25, 0.3) is 0 Å². The standard InChI is InChI=1S/C9H15N3O2/c1-2-3-4-5-12-8(10)7(6-11-12)9(13)14/h6H,2-5,10H2,1H3,(H,13,14). The molecule has 0 saturated carbocycles. The summed E-state index contributed by atoms with van der Waals surface area (Å²) >= 11 is 0. The molecule has 78 valence electrons. The topological polar surface area (TPSA) is 81.1 Å². The van der Waals surface area contributed by atoms with E-state index in [-0.39, 0.29) is 11.4 Å². The van der Waals surface area contributed by atoms with Gasteiger partial charge in [0, 0.05) is 6.54 Å². The van der Waals surface area contributed by atoms with Gasteiger partial charge in [0.2, 0.25) is 0 Å². The molecule has 0 saturated heterocycles. The fourth-order valence-electron chi connectivity index (χ4n) is 1.25. The van der Waals surface area contributed by atoms with E-state index in [0.29, 0.717) is 6.54 Å². The van der Waals surface area contributed by atoms with Crippen LogP contribution in [0.2, 0.25) is 0 Å². The highest BCUT2D eigenvalue weighted by atomic mass is 16.4. The van der Waals surface area contributed by atoms with Crippen molar-refractivity contribution in [2.45, 2.75) is 32.7 Å². The van der Waals surface area contributed by atoms with Crippen LogP contribution >= 0.6 is 0 Å². The number of aromatic carboxylic acids is 1. The number of nitrogen functional groups attached to an aromatic ring is 1. The molecule has 0 unspecified atom stereocenters. The fraction of sp³-hybridized carbons (Fsp3) is 0.556. The Hall–Kier alpha value is -1.52. The zero-order chi connectivity index (χ0) is 10.6. The Labute approximate surface area is 82.5 Å². The number of hydrogen-bond acceptors (Lipinski definition) is 3. The quantitative estimate of drug-likeness (QED) is 0.698. The van der Waals surface area contributed by atoms with E-state index >= 15 is 0 Å². The first-order valence-electron chi connectivity index (χ1n) is 4.71. The lowest BCUT2D eigenvalue weighted by Gasteiger charge is -2.02. The fourth-order valence-corrected chi connectivity index (χ4v) is 1.25. The maximum absolute atomic E-state index is 10.6. The number of unbranched alkanes of at least 4 members (excludes halogenated alkanes) is 2. The molecule has 0 aliphatic heterocycles. The average molecular weight is 197 g/mol. The van der Waals surface area contributed by atoms with Crippen molar-refractivity contribution >= 4 is 11.8 Å². The molecule has 5 heteroatoms. The predicted molar refractivity (Wildman–Crippen MR) is 53.1 cm³/mol. The molecule has 1 aromatic heterocycles. The second-order valence-corrected chi connectivity index (χ2v) is 3.18. The summed E-state index contributed by atoms with van der Waals surface area (Å²) in [5.41, 5.74) is 5.69.